The predicted molar refractivity (Wildman–Crippen MR) is 186 cm³/mol. The summed E-state index contributed by atoms with van der Waals surface area (Å²) in [5.74, 6) is -8.07. The number of rotatable bonds is 12. The highest BCUT2D eigenvalue weighted by atomic mass is 32.3. The van der Waals surface area contributed by atoms with Gasteiger partial charge in [-0.05, 0) is 79.7 Å². The lowest BCUT2D eigenvalue weighted by atomic mass is 9.86. The van der Waals surface area contributed by atoms with Gasteiger partial charge in [0.1, 0.15) is 23.0 Å². The van der Waals surface area contributed by atoms with Crippen LogP contribution in [0.4, 0.5) is 9.59 Å². The fraction of sp³-hybridized carbons (Fsp3) is 0.455. The van der Waals surface area contributed by atoms with Crippen molar-refractivity contribution in [1.29, 1.82) is 0 Å². The van der Waals surface area contributed by atoms with Crippen LogP contribution in [0.5, 0.6) is 0 Å². The normalized spacial score (nSPS) is 14.4. The summed E-state index contributed by atoms with van der Waals surface area (Å²) in [6.07, 6.45) is -2.28. The van der Waals surface area contributed by atoms with Gasteiger partial charge >= 0.3 is 24.1 Å². The largest absolute Gasteiger partial charge is 0.468 e. The SMILES string of the molecule is COC(=O)C(/C(C)=N/NC(=O)OC(C)(C)C)C(C(C(=O)OC)/C(C)=N/NC(=O)OC(C)(C)C)(S(=O)(=O)c1ccccc1)S(=O)(=O)c1ccccc1. The molecule has 2 amide bonds. The number of hydrazone groups is 2. The molecule has 2 atom stereocenters. The van der Waals surface area contributed by atoms with E-state index in [-0.39, 0.29) is 0 Å². The van der Waals surface area contributed by atoms with E-state index in [4.69, 9.17) is 18.9 Å². The maximum absolute atomic E-state index is 15.3. The fourth-order valence-corrected chi connectivity index (χ4v) is 10.8. The van der Waals surface area contributed by atoms with Gasteiger partial charge in [-0.2, -0.15) is 10.2 Å². The van der Waals surface area contributed by atoms with Gasteiger partial charge in [0.15, 0.2) is 0 Å². The van der Waals surface area contributed by atoms with Crippen molar-refractivity contribution in [2.45, 2.75) is 80.5 Å². The average Bonchev–Trinajstić information content (AvgIpc) is 3.04. The van der Waals surface area contributed by atoms with Gasteiger partial charge in [-0.15, -0.1) is 0 Å². The van der Waals surface area contributed by atoms with E-state index in [2.05, 4.69) is 10.2 Å². The van der Waals surface area contributed by atoms with Crippen LogP contribution in [-0.4, -0.2) is 81.9 Å². The number of esters is 2. The standard InChI is InChI=1S/C33H44N4O12S2/c1-21(34-36-29(40)48-31(3,4)5)25(27(38)46-9)33(50(42,43)23-17-13-11-14-18-23,51(44,45)24-19-15-12-16-20-24)26(28(39)47-10)22(2)35-37-30(41)49-32(6,7)8/h11-20,25-26H,1-10H3,(H,36,40)(H,37,41)/b34-21+,35-22+. The molecular weight excluding hydrogens is 709 g/mol. The van der Waals surface area contributed by atoms with E-state index in [1.807, 2.05) is 10.9 Å². The van der Waals surface area contributed by atoms with Gasteiger partial charge in [0.05, 0.1) is 35.4 Å². The van der Waals surface area contributed by atoms with Gasteiger partial charge in [-0.1, -0.05) is 36.4 Å². The lowest BCUT2D eigenvalue weighted by molar-refractivity contribution is -0.146. The maximum Gasteiger partial charge on any atom is 0.428 e. The number of nitrogens with zero attached hydrogens (tertiary/aromatic N) is 2. The summed E-state index contributed by atoms with van der Waals surface area (Å²) in [7, 11) is -9.37. The zero-order valence-corrected chi connectivity index (χ0v) is 31.7. The van der Waals surface area contributed by atoms with E-state index in [9.17, 15) is 19.2 Å². The Bertz CT molecular complexity index is 1730. The zero-order valence-electron chi connectivity index (χ0n) is 30.0. The Labute approximate surface area is 297 Å². The number of nitrogens with one attached hydrogen (secondary N) is 2. The number of carbonyl (C=O) groups is 4. The minimum absolute atomic E-state index is 0.645. The van der Waals surface area contributed by atoms with Crippen LogP contribution in [0.25, 0.3) is 0 Å². The van der Waals surface area contributed by atoms with Crippen LogP contribution in [0.3, 0.4) is 0 Å². The second-order valence-electron chi connectivity index (χ2n) is 13.0. The third-order valence-corrected chi connectivity index (χ3v) is 12.6. The number of benzene rings is 2. The molecule has 2 unspecified atom stereocenters. The Morgan fingerprint density at radius 3 is 1.14 bits per heavy atom. The Kier molecular flexibility index (Phi) is 13.7. The molecule has 0 heterocycles. The van der Waals surface area contributed by atoms with E-state index in [1.54, 1.807) is 41.5 Å². The molecule has 2 aromatic rings. The minimum Gasteiger partial charge on any atom is -0.468 e. The second kappa shape index (κ2) is 16.5. The van der Waals surface area contributed by atoms with E-state index in [1.165, 1.54) is 36.4 Å². The van der Waals surface area contributed by atoms with Gasteiger partial charge < -0.3 is 18.9 Å². The first-order valence-corrected chi connectivity index (χ1v) is 18.3. The fourth-order valence-electron chi connectivity index (χ4n) is 4.99. The molecule has 2 N–H and O–H groups in total. The molecule has 16 nitrogen and oxygen atoms in total. The van der Waals surface area contributed by atoms with Crippen LogP contribution in [0.2, 0.25) is 0 Å². The molecule has 0 bridgehead atoms. The monoisotopic (exact) mass is 752 g/mol. The molecular formula is C33H44N4O12S2. The highest BCUT2D eigenvalue weighted by Gasteiger charge is 2.72. The number of carbonyl (C=O) groups excluding carboxylic acids is 4. The molecule has 0 aliphatic carbocycles. The van der Waals surface area contributed by atoms with E-state index < -0.39 is 92.1 Å². The van der Waals surface area contributed by atoms with Crippen LogP contribution >= 0.6 is 0 Å². The lowest BCUT2D eigenvalue weighted by Crippen LogP contribution is -2.65. The molecule has 0 aliphatic rings. The molecule has 2 rings (SSSR count). The van der Waals surface area contributed by atoms with E-state index >= 15 is 16.8 Å². The van der Waals surface area contributed by atoms with Crippen molar-refractivity contribution < 1.29 is 55.0 Å². The molecule has 18 heteroatoms. The van der Waals surface area contributed by atoms with Gasteiger partial charge in [-0.3, -0.25) is 9.59 Å². The van der Waals surface area contributed by atoms with Crippen molar-refractivity contribution in [3.8, 4) is 0 Å². The molecule has 0 saturated carbocycles. The second-order valence-corrected chi connectivity index (χ2v) is 17.6. The average molecular weight is 753 g/mol. The number of hydrogen-bond donors (Lipinski definition) is 2. The first-order chi connectivity index (χ1) is 23.5. The number of hydrogen-bond acceptors (Lipinski definition) is 14. The maximum atomic E-state index is 15.3. The summed E-state index contributed by atoms with van der Waals surface area (Å²) in [6.45, 7) is 11.4. The van der Waals surface area contributed by atoms with Crippen LogP contribution in [0.15, 0.2) is 80.7 Å². The molecule has 0 fully saturated rings. The topological polar surface area (TPSA) is 222 Å². The van der Waals surface area contributed by atoms with Gasteiger partial charge in [0.2, 0.25) is 23.8 Å². The van der Waals surface area contributed by atoms with Crippen molar-refractivity contribution in [2.24, 2.45) is 22.0 Å². The third kappa shape index (κ3) is 9.69. The summed E-state index contributed by atoms with van der Waals surface area (Å²) >= 11 is 0. The highest BCUT2D eigenvalue weighted by molar-refractivity contribution is 8.10. The van der Waals surface area contributed by atoms with Crippen LogP contribution in [0, 0.1) is 11.8 Å². The zero-order chi connectivity index (χ0) is 39.0. The number of ether oxygens (including phenoxy) is 4. The number of methoxy groups -OCH3 is 2. The molecule has 0 aliphatic heterocycles. The quantitative estimate of drug-likeness (QED) is 0.136. The molecule has 0 radical (unpaired) electrons. The third-order valence-electron chi connectivity index (χ3n) is 6.91. The molecule has 0 aromatic heterocycles. The smallest absolute Gasteiger partial charge is 0.428 e. The molecule has 2 aromatic carbocycles. The van der Waals surface area contributed by atoms with Crippen molar-refractivity contribution in [2.75, 3.05) is 14.2 Å². The highest BCUT2D eigenvalue weighted by Crippen LogP contribution is 2.49. The van der Waals surface area contributed by atoms with Crippen molar-refractivity contribution in [3.63, 3.8) is 0 Å². The first-order valence-electron chi connectivity index (χ1n) is 15.3. The lowest BCUT2D eigenvalue weighted by Gasteiger charge is -2.41. The minimum atomic E-state index is -5.54. The number of sulfone groups is 2. The summed E-state index contributed by atoms with van der Waals surface area (Å²) in [5, 5.41) is 7.76. The summed E-state index contributed by atoms with van der Waals surface area (Å²) in [4.78, 5) is 52.0. The Morgan fingerprint density at radius 1 is 0.588 bits per heavy atom. The van der Waals surface area contributed by atoms with Crippen molar-refractivity contribution in [3.05, 3.63) is 60.7 Å². The van der Waals surface area contributed by atoms with Crippen molar-refractivity contribution in [1.82, 2.24) is 10.9 Å². The summed E-state index contributed by atoms with van der Waals surface area (Å²) in [5.41, 5.74) is 0.748. The predicted octanol–water partition coefficient (Wildman–Crippen LogP) is 4.01. The van der Waals surface area contributed by atoms with E-state index in [0.717, 1.165) is 52.3 Å². The molecule has 0 spiro atoms. The van der Waals surface area contributed by atoms with E-state index in [0.29, 0.717) is 0 Å². The van der Waals surface area contributed by atoms with Crippen LogP contribution in [0.1, 0.15) is 55.4 Å². The number of amides is 2. The van der Waals surface area contributed by atoms with Crippen LogP contribution in [-0.2, 0) is 48.2 Å². The molecule has 0 saturated heterocycles. The first kappa shape index (κ1) is 42.3. The van der Waals surface area contributed by atoms with Crippen LogP contribution < -0.4 is 10.9 Å². The Hall–Kier alpha value is -4.84. The summed E-state index contributed by atoms with van der Waals surface area (Å²) in [6, 6.07) is 12.3. The van der Waals surface area contributed by atoms with Gasteiger partial charge in [0, 0.05) is 0 Å². The Balaban J connectivity index is 3.32. The molecule has 51 heavy (non-hydrogen) atoms. The molecule has 280 valence electrons. The summed E-state index contributed by atoms with van der Waals surface area (Å²) < 4.78 is 78.0. The van der Waals surface area contributed by atoms with Gasteiger partial charge in [-0.25, -0.2) is 37.3 Å². The van der Waals surface area contributed by atoms with Crippen molar-refractivity contribution >= 4 is 55.2 Å². The Morgan fingerprint density at radius 2 is 0.882 bits per heavy atom. The van der Waals surface area contributed by atoms with Gasteiger partial charge in [0.25, 0.3) is 0 Å².